The Morgan fingerprint density at radius 3 is 1.84 bits per heavy atom. The molecule has 0 saturated heterocycles. The van der Waals surface area contributed by atoms with E-state index in [0.717, 1.165) is 22.7 Å². The number of hydrogen-bond donors (Lipinski definition) is 0. The first-order chi connectivity index (χ1) is 33.0. The minimum absolute atomic E-state index is 0.172. The van der Waals surface area contributed by atoms with E-state index in [-0.39, 0.29) is 5.41 Å². The van der Waals surface area contributed by atoms with Crippen LogP contribution in [0.15, 0.2) is 243 Å². The topological polar surface area (TPSA) is 8.17 Å². The van der Waals surface area contributed by atoms with Gasteiger partial charge in [0.15, 0.2) is 0 Å². The van der Waals surface area contributed by atoms with Crippen LogP contribution in [0.4, 0.5) is 17.1 Å². The van der Waals surface area contributed by atoms with Crippen molar-refractivity contribution in [3.63, 3.8) is 0 Å². The molecular weight excluding hydrogens is 809 g/mol. The van der Waals surface area contributed by atoms with E-state index in [1.165, 1.54) is 99.0 Å². The first kappa shape index (κ1) is 39.0. The van der Waals surface area contributed by atoms with Gasteiger partial charge in [-0.05, 0) is 132 Å². The fourth-order valence-electron chi connectivity index (χ4n) is 11.3. The molecule has 1 aromatic heterocycles. The monoisotopic (exact) mass is 854 g/mol. The van der Waals surface area contributed by atoms with Crippen molar-refractivity contribution in [2.24, 2.45) is 0 Å². The molecule has 316 valence electrons. The van der Waals surface area contributed by atoms with E-state index in [4.69, 9.17) is 0 Å². The smallest absolute Gasteiger partial charge is 0.0541 e. The van der Waals surface area contributed by atoms with Crippen molar-refractivity contribution < 1.29 is 0 Å². The van der Waals surface area contributed by atoms with Gasteiger partial charge >= 0.3 is 0 Å². The number of aromatic nitrogens is 1. The van der Waals surface area contributed by atoms with E-state index < -0.39 is 0 Å². The summed E-state index contributed by atoms with van der Waals surface area (Å²) in [7, 11) is 0. The van der Waals surface area contributed by atoms with Gasteiger partial charge in [-0.25, -0.2) is 0 Å². The van der Waals surface area contributed by atoms with Crippen molar-refractivity contribution in [3.8, 4) is 50.2 Å². The van der Waals surface area contributed by atoms with E-state index >= 15 is 0 Å². The number of rotatable bonds is 7. The molecule has 12 aromatic rings. The Balaban J connectivity index is 0.977. The molecule has 67 heavy (non-hydrogen) atoms. The average molecular weight is 855 g/mol. The molecule has 2 heteroatoms. The lowest BCUT2D eigenvalue weighted by molar-refractivity contribution is 0.662. The summed E-state index contributed by atoms with van der Waals surface area (Å²) in [6.07, 6.45) is 0. The lowest BCUT2D eigenvalue weighted by atomic mass is 9.78. The maximum absolute atomic E-state index is 2.47. The highest BCUT2D eigenvalue weighted by atomic mass is 15.1. The largest absolute Gasteiger partial charge is 0.310 e. The van der Waals surface area contributed by atoms with E-state index in [1.54, 1.807) is 0 Å². The lowest BCUT2D eigenvalue weighted by Crippen LogP contribution is -2.17. The number of hydrogen-bond acceptors (Lipinski definition) is 1. The predicted molar refractivity (Wildman–Crippen MR) is 284 cm³/mol. The van der Waals surface area contributed by atoms with Crippen LogP contribution in [0.3, 0.4) is 0 Å². The van der Waals surface area contributed by atoms with E-state index in [2.05, 4.69) is 266 Å². The summed E-state index contributed by atoms with van der Waals surface area (Å²) in [6.45, 7) is 4.77. The second-order valence-corrected chi connectivity index (χ2v) is 18.5. The van der Waals surface area contributed by atoms with Gasteiger partial charge in [-0.1, -0.05) is 196 Å². The molecule has 0 spiro atoms. The minimum Gasteiger partial charge on any atom is -0.310 e. The van der Waals surface area contributed by atoms with Crippen molar-refractivity contribution in [2.45, 2.75) is 19.3 Å². The van der Waals surface area contributed by atoms with Gasteiger partial charge < -0.3 is 9.47 Å². The van der Waals surface area contributed by atoms with Crippen molar-refractivity contribution >= 4 is 60.4 Å². The van der Waals surface area contributed by atoms with Gasteiger partial charge in [0.1, 0.15) is 0 Å². The summed E-state index contributed by atoms with van der Waals surface area (Å²) < 4.78 is 2.38. The number of para-hydroxylation sites is 3. The Labute approximate surface area is 391 Å². The highest BCUT2D eigenvalue weighted by Crippen LogP contribution is 2.54. The maximum atomic E-state index is 2.47. The van der Waals surface area contributed by atoms with Crippen LogP contribution >= 0.6 is 0 Å². The van der Waals surface area contributed by atoms with Gasteiger partial charge in [0.05, 0.1) is 16.7 Å². The molecule has 13 rings (SSSR count). The molecule has 1 aliphatic carbocycles. The summed E-state index contributed by atoms with van der Waals surface area (Å²) in [6, 6.07) is 89.4. The zero-order chi connectivity index (χ0) is 44.6. The first-order valence-corrected chi connectivity index (χ1v) is 23.3. The molecule has 1 aliphatic rings. The van der Waals surface area contributed by atoms with Gasteiger partial charge in [0.2, 0.25) is 0 Å². The quantitative estimate of drug-likeness (QED) is 0.145. The molecular formula is C65H46N2. The second kappa shape index (κ2) is 15.3. The molecule has 0 amide bonds. The number of benzene rings is 11. The van der Waals surface area contributed by atoms with E-state index in [1.807, 2.05) is 0 Å². The van der Waals surface area contributed by atoms with E-state index in [9.17, 15) is 0 Å². The summed E-state index contributed by atoms with van der Waals surface area (Å²) in [5.41, 5.74) is 19.3. The van der Waals surface area contributed by atoms with Crippen molar-refractivity contribution in [1.82, 2.24) is 4.57 Å². The minimum atomic E-state index is -0.172. The Kier molecular flexibility index (Phi) is 8.91. The van der Waals surface area contributed by atoms with Crippen LogP contribution in [0, 0.1) is 0 Å². The molecule has 0 fully saturated rings. The molecule has 11 aromatic carbocycles. The van der Waals surface area contributed by atoms with Gasteiger partial charge in [0.25, 0.3) is 0 Å². The maximum Gasteiger partial charge on any atom is 0.0541 e. The van der Waals surface area contributed by atoms with Crippen LogP contribution in [-0.4, -0.2) is 4.57 Å². The predicted octanol–water partition coefficient (Wildman–Crippen LogP) is 17.9. The normalized spacial score (nSPS) is 12.7. The summed E-state index contributed by atoms with van der Waals surface area (Å²) in [5.74, 6) is 0. The van der Waals surface area contributed by atoms with Gasteiger partial charge in [-0.15, -0.1) is 0 Å². The van der Waals surface area contributed by atoms with Crippen LogP contribution in [-0.2, 0) is 5.41 Å². The molecule has 2 nitrogen and oxygen atoms in total. The van der Waals surface area contributed by atoms with Crippen molar-refractivity contribution in [1.29, 1.82) is 0 Å². The number of fused-ring (bicyclic) bond motifs is 9. The van der Waals surface area contributed by atoms with Crippen LogP contribution in [0.2, 0.25) is 0 Å². The molecule has 0 aliphatic heterocycles. The Morgan fingerprint density at radius 1 is 0.343 bits per heavy atom. The third kappa shape index (κ3) is 6.18. The summed E-state index contributed by atoms with van der Waals surface area (Å²) in [4.78, 5) is 2.47. The van der Waals surface area contributed by atoms with E-state index in [0.29, 0.717) is 0 Å². The average Bonchev–Trinajstić information content (AvgIpc) is 3.85. The third-order valence-corrected chi connectivity index (χ3v) is 14.4. The zero-order valence-corrected chi connectivity index (χ0v) is 37.5. The molecule has 0 radical (unpaired) electrons. The molecule has 0 saturated carbocycles. The van der Waals surface area contributed by atoms with Crippen molar-refractivity contribution in [3.05, 3.63) is 254 Å². The fraction of sp³-hybridized carbons (Fsp3) is 0.0462. The Bertz CT molecular complexity index is 3890. The van der Waals surface area contributed by atoms with Crippen LogP contribution in [0.5, 0.6) is 0 Å². The zero-order valence-electron chi connectivity index (χ0n) is 37.5. The van der Waals surface area contributed by atoms with Crippen LogP contribution in [0.25, 0.3) is 93.5 Å². The summed E-state index contributed by atoms with van der Waals surface area (Å²) >= 11 is 0. The Morgan fingerprint density at radius 2 is 0.970 bits per heavy atom. The standard InChI is InChI=1S/C65H46N2/c1-65(2)60-30-11-8-23-54(60)57-28-16-29-58(64(57)65)55-24-9-12-31-61(55)66(49-21-14-18-46(41-49)51-26-15-27-52-50-22-7-6-17-44(50)35-39-53(51)52)48-37-33-43(34-38-48)45-36-40-63-59(42-45)56-25-10-13-32-62(56)67(63)47-19-4-3-5-20-47/h3-42H,1-2H3. The van der Waals surface area contributed by atoms with Crippen molar-refractivity contribution in [2.75, 3.05) is 4.90 Å². The third-order valence-electron chi connectivity index (χ3n) is 14.4. The van der Waals surface area contributed by atoms with Crippen LogP contribution < -0.4 is 4.90 Å². The highest BCUT2D eigenvalue weighted by Gasteiger charge is 2.38. The molecule has 0 bridgehead atoms. The Hall–Kier alpha value is -8.46. The fourth-order valence-corrected chi connectivity index (χ4v) is 11.3. The molecule has 0 atom stereocenters. The molecule has 0 N–H and O–H groups in total. The van der Waals surface area contributed by atoms with Gasteiger partial charge in [-0.2, -0.15) is 0 Å². The number of anilines is 3. The lowest BCUT2D eigenvalue weighted by Gasteiger charge is -2.30. The number of nitrogens with zero attached hydrogens (tertiary/aromatic N) is 2. The highest BCUT2D eigenvalue weighted by molar-refractivity contribution is 6.13. The first-order valence-electron chi connectivity index (χ1n) is 23.3. The van der Waals surface area contributed by atoms with Crippen LogP contribution in [0.1, 0.15) is 25.0 Å². The second-order valence-electron chi connectivity index (χ2n) is 18.5. The van der Waals surface area contributed by atoms with Gasteiger partial charge in [-0.3, -0.25) is 0 Å². The molecule has 0 unspecified atom stereocenters. The summed E-state index contributed by atoms with van der Waals surface area (Å²) in [5, 5.41) is 7.54. The SMILES string of the molecule is CC1(C)c2ccccc2-c2cccc(-c3ccccc3N(c3ccc(-c4ccc5c(c4)c4ccccc4n5-c4ccccc4)cc3)c3cccc(-c4cccc5c4ccc4ccccc45)c3)c21. The molecule has 1 heterocycles. The van der Waals surface area contributed by atoms with Gasteiger partial charge in [0, 0.05) is 38.8 Å².